The number of halogens is 1. The smallest absolute Gasteiger partial charge is 0.150 e. The molecule has 1 aliphatic rings. The summed E-state index contributed by atoms with van der Waals surface area (Å²) in [6.45, 7) is 0. The van der Waals surface area contributed by atoms with Crippen molar-refractivity contribution in [3.8, 4) is 0 Å². The van der Waals surface area contributed by atoms with Crippen LogP contribution >= 0.6 is 11.6 Å². The lowest BCUT2D eigenvalue weighted by molar-refractivity contribution is -0.119. The summed E-state index contributed by atoms with van der Waals surface area (Å²) in [5, 5.41) is -0.180. The molecule has 0 aromatic rings. The lowest BCUT2D eigenvalue weighted by atomic mass is 10.00. The van der Waals surface area contributed by atoms with Gasteiger partial charge in [-0.25, -0.2) is 0 Å². The van der Waals surface area contributed by atoms with Gasteiger partial charge in [0.05, 0.1) is 5.38 Å². The summed E-state index contributed by atoms with van der Waals surface area (Å²) >= 11 is 5.79. The van der Waals surface area contributed by atoms with E-state index in [0.29, 0.717) is 6.42 Å². The van der Waals surface area contributed by atoms with E-state index in [9.17, 15) is 4.79 Å². The van der Waals surface area contributed by atoms with Crippen molar-refractivity contribution in [3.63, 3.8) is 0 Å². The number of carbonyl (C=O) groups is 1. The molecule has 0 aromatic heterocycles. The fraction of sp³-hybridized carbons (Fsp3) is 0.875. The molecule has 1 aliphatic carbocycles. The molecule has 2 heteroatoms. The highest BCUT2D eigenvalue weighted by molar-refractivity contribution is 6.31. The average molecular weight is 161 g/mol. The molecule has 0 heterocycles. The Morgan fingerprint density at radius 3 is 2.70 bits per heavy atom. The highest BCUT2D eigenvalue weighted by Gasteiger charge is 2.15. The van der Waals surface area contributed by atoms with Crippen molar-refractivity contribution >= 4 is 17.4 Å². The molecule has 1 rings (SSSR count). The van der Waals surface area contributed by atoms with E-state index in [1.807, 2.05) is 0 Å². The van der Waals surface area contributed by atoms with Crippen LogP contribution in [0.2, 0.25) is 0 Å². The second-order valence-electron chi connectivity index (χ2n) is 2.89. The van der Waals surface area contributed by atoms with E-state index < -0.39 is 0 Å². The highest BCUT2D eigenvalue weighted by atomic mass is 35.5. The number of hydrogen-bond donors (Lipinski definition) is 0. The van der Waals surface area contributed by atoms with Crippen molar-refractivity contribution in [2.24, 2.45) is 0 Å². The third-order valence-corrected chi connectivity index (χ3v) is 2.44. The molecule has 0 N–H and O–H groups in total. The SMILES string of the molecule is O=C1CCCCCC[C@@H]1Cl. The molecule has 0 bridgehead atoms. The van der Waals surface area contributed by atoms with Gasteiger partial charge in [0.25, 0.3) is 0 Å². The van der Waals surface area contributed by atoms with E-state index in [1.54, 1.807) is 0 Å². The highest BCUT2D eigenvalue weighted by Crippen LogP contribution is 2.18. The van der Waals surface area contributed by atoms with E-state index in [-0.39, 0.29) is 11.2 Å². The first-order valence-corrected chi connectivity index (χ1v) is 4.41. The average Bonchev–Trinajstić information content (AvgIpc) is 1.92. The zero-order valence-electron chi connectivity index (χ0n) is 6.11. The Balaban J connectivity index is 2.35. The van der Waals surface area contributed by atoms with Crippen LogP contribution < -0.4 is 0 Å². The monoisotopic (exact) mass is 160 g/mol. The van der Waals surface area contributed by atoms with Crippen molar-refractivity contribution in [1.82, 2.24) is 0 Å². The van der Waals surface area contributed by atoms with Gasteiger partial charge in [0, 0.05) is 6.42 Å². The van der Waals surface area contributed by atoms with Gasteiger partial charge in [-0.2, -0.15) is 0 Å². The molecule has 0 unspecified atom stereocenters. The Morgan fingerprint density at radius 1 is 1.20 bits per heavy atom. The second-order valence-corrected chi connectivity index (χ2v) is 3.41. The summed E-state index contributed by atoms with van der Waals surface area (Å²) in [7, 11) is 0. The van der Waals surface area contributed by atoms with Crippen LogP contribution in [0.5, 0.6) is 0 Å². The lowest BCUT2D eigenvalue weighted by Gasteiger charge is -2.11. The molecule has 0 radical (unpaired) electrons. The molecular formula is C8H13ClO. The van der Waals surface area contributed by atoms with Crippen molar-refractivity contribution in [2.75, 3.05) is 0 Å². The molecule has 0 aromatic carbocycles. The van der Waals surface area contributed by atoms with E-state index in [4.69, 9.17) is 11.6 Å². The van der Waals surface area contributed by atoms with Gasteiger partial charge in [-0.15, -0.1) is 11.6 Å². The topological polar surface area (TPSA) is 17.1 Å². The van der Waals surface area contributed by atoms with Crippen LogP contribution in [0.25, 0.3) is 0 Å². The molecule has 0 amide bonds. The fourth-order valence-electron chi connectivity index (χ4n) is 1.29. The van der Waals surface area contributed by atoms with Crippen molar-refractivity contribution in [1.29, 1.82) is 0 Å². The normalized spacial score (nSPS) is 29.3. The zero-order chi connectivity index (χ0) is 7.40. The predicted molar refractivity (Wildman–Crippen MR) is 42.4 cm³/mol. The van der Waals surface area contributed by atoms with Gasteiger partial charge < -0.3 is 0 Å². The maximum Gasteiger partial charge on any atom is 0.150 e. The summed E-state index contributed by atoms with van der Waals surface area (Å²) in [4.78, 5) is 11.0. The molecule has 0 saturated heterocycles. The molecule has 1 saturated carbocycles. The van der Waals surface area contributed by atoms with Gasteiger partial charge in [0.2, 0.25) is 0 Å². The molecule has 10 heavy (non-hydrogen) atoms. The zero-order valence-corrected chi connectivity index (χ0v) is 6.86. The first kappa shape index (κ1) is 8.06. The third kappa shape index (κ3) is 2.30. The summed E-state index contributed by atoms with van der Waals surface area (Å²) in [5.74, 6) is 0.251. The van der Waals surface area contributed by atoms with E-state index in [2.05, 4.69) is 0 Å². The third-order valence-electron chi connectivity index (χ3n) is 1.98. The quantitative estimate of drug-likeness (QED) is 0.498. The Bertz CT molecular complexity index is 122. The Kier molecular flexibility index (Phi) is 3.20. The van der Waals surface area contributed by atoms with Crippen LogP contribution in [0.15, 0.2) is 0 Å². The Morgan fingerprint density at radius 2 is 1.90 bits per heavy atom. The van der Waals surface area contributed by atoms with Gasteiger partial charge in [-0.05, 0) is 12.8 Å². The minimum Gasteiger partial charge on any atom is -0.298 e. The Labute approximate surface area is 66.8 Å². The summed E-state index contributed by atoms with van der Waals surface area (Å²) in [5.41, 5.74) is 0. The van der Waals surface area contributed by atoms with Crippen LogP contribution in [0.1, 0.15) is 38.5 Å². The van der Waals surface area contributed by atoms with Crippen LogP contribution in [0.3, 0.4) is 0 Å². The van der Waals surface area contributed by atoms with Crippen LogP contribution in [0, 0.1) is 0 Å². The summed E-state index contributed by atoms with van der Waals surface area (Å²) < 4.78 is 0. The maximum atomic E-state index is 11.0. The van der Waals surface area contributed by atoms with Gasteiger partial charge in [-0.1, -0.05) is 19.3 Å². The number of hydrogen-bond acceptors (Lipinski definition) is 1. The standard InChI is InChI=1S/C8H13ClO/c9-7-5-3-1-2-4-6-8(7)10/h7H,1-6H2/t7-/m0/s1. The first-order valence-electron chi connectivity index (χ1n) is 3.97. The van der Waals surface area contributed by atoms with Crippen molar-refractivity contribution in [3.05, 3.63) is 0 Å². The number of carbonyl (C=O) groups excluding carboxylic acids is 1. The number of ketones is 1. The molecule has 0 spiro atoms. The van der Waals surface area contributed by atoms with Crippen LogP contribution in [-0.4, -0.2) is 11.2 Å². The lowest BCUT2D eigenvalue weighted by Crippen LogP contribution is -2.15. The molecule has 58 valence electrons. The minimum absolute atomic E-state index is 0.180. The van der Waals surface area contributed by atoms with E-state index in [1.165, 1.54) is 12.8 Å². The van der Waals surface area contributed by atoms with E-state index in [0.717, 1.165) is 19.3 Å². The molecule has 1 fully saturated rings. The van der Waals surface area contributed by atoms with Crippen molar-refractivity contribution in [2.45, 2.75) is 43.9 Å². The Hall–Kier alpha value is -0.0400. The summed E-state index contributed by atoms with van der Waals surface area (Å²) in [6.07, 6.45) is 6.21. The molecule has 1 nitrogen and oxygen atoms in total. The van der Waals surface area contributed by atoms with Gasteiger partial charge >= 0.3 is 0 Å². The first-order chi connectivity index (χ1) is 4.80. The summed E-state index contributed by atoms with van der Waals surface area (Å²) in [6, 6.07) is 0. The number of alkyl halides is 1. The predicted octanol–water partition coefficient (Wildman–Crippen LogP) is 2.52. The van der Waals surface area contributed by atoms with Crippen LogP contribution in [-0.2, 0) is 4.79 Å². The second kappa shape index (κ2) is 3.97. The van der Waals surface area contributed by atoms with Gasteiger partial charge in [0.15, 0.2) is 5.78 Å². The fourth-order valence-corrected chi connectivity index (χ4v) is 1.56. The minimum atomic E-state index is -0.180. The van der Waals surface area contributed by atoms with Crippen molar-refractivity contribution < 1.29 is 4.79 Å². The molecule has 1 atom stereocenters. The maximum absolute atomic E-state index is 11.0. The van der Waals surface area contributed by atoms with Gasteiger partial charge in [-0.3, -0.25) is 4.79 Å². The van der Waals surface area contributed by atoms with Gasteiger partial charge in [0.1, 0.15) is 0 Å². The van der Waals surface area contributed by atoms with Crippen LogP contribution in [0.4, 0.5) is 0 Å². The number of Topliss-reactive ketones (excluding diaryl/α,β-unsaturated/α-hetero) is 1. The molecular weight excluding hydrogens is 148 g/mol. The van der Waals surface area contributed by atoms with E-state index >= 15 is 0 Å². The number of rotatable bonds is 0. The molecule has 0 aliphatic heterocycles. The largest absolute Gasteiger partial charge is 0.298 e.